The lowest BCUT2D eigenvalue weighted by molar-refractivity contribution is -0.265. The first kappa shape index (κ1) is 90.3. The molecule has 2 aliphatic carbocycles. The average Bonchev–Trinajstić information content (AvgIpc) is 0.783. The minimum Gasteiger partial charge on any atom is -0.460 e. The lowest BCUT2D eigenvalue weighted by atomic mass is 9.78. The normalized spacial score (nSPS) is 34.4. The fourth-order valence-electron chi connectivity index (χ4n) is 15.4. The number of allylic oxidation sites excluding steroid dienone is 6. The lowest BCUT2D eigenvalue weighted by Crippen LogP contribution is -2.63. The first-order valence-electron chi connectivity index (χ1n) is 38.8. The highest BCUT2D eigenvalue weighted by Gasteiger charge is 2.54. The van der Waals surface area contributed by atoms with Crippen molar-refractivity contribution in [3.05, 3.63) is 112 Å². The molecule has 612 valence electrons. The van der Waals surface area contributed by atoms with Gasteiger partial charge in [0.2, 0.25) is 5.79 Å². The summed E-state index contributed by atoms with van der Waals surface area (Å²) in [4.78, 5) is 97.9. The molecule has 5 heterocycles. The molecule has 22 atom stereocenters. The highest BCUT2D eigenvalue weighted by molar-refractivity contribution is 6.39. The van der Waals surface area contributed by atoms with E-state index in [1.54, 1.807) is 47.1 Å². The highest BCUT2D eigenvalue weighted by atomic mass is 16.7. The van der Waals surface area contributed by atoms with E-state index in [-0.39, 0.29) is 73.0 Å². The Bertz CT molecular complexity index is 3640. The van der Waals surface area contributed by atoms with Gasteiger partial charge in [0.15, 0.2) is 23.2 Å². The number of piperidine rings is 1. The van der Waals surface area contributed by atoms with Crippen molar-refractivity contribution in [1.29, 1.82) is 0 Å². The molecule has 4 aliphatic heterocycles. The Hall–Kier alpha value is -6.93. The van der Waals surface area contributed by atoms with Gasteiger partial charge >= 0.3 is 12.1 Å². The Labute approximate surface area is 645 Å². The van der Waals surface area contributed by atoms with Gasteiger partial charge in [-0.2, -0.15) is 0 Å². The Morgan fingerprint density at radius 3 is 2.14 bits per heavy atom. The van der Waals surface area contributed by atoms with Crippen molar-refractivity contribution in [3.8, 4) is 11.1 Å². The zero-order chi connectivity index (χ0) is 80.7. The second kappa shape index (κ2) is 43.4. The number of amides is 1. The molecular weight excluding hydrogens is 1420 g/mol. The molecule has 0 radical (unpaired) electrons. The number of aliphatic hydroxyl groups is 8. The number of rotatable bonds is 14. The van der Waals surface area contributed by atoms with Crippen molar-refractivity contribution in [3.63, 3.8) is 0 Å². The fraction of sp³-hybridized carbons (Fsp3) is 0.651. The van der Waals surface area contributed by atoms with Gasteiger partial charge in [-0.15, -0.1) is 0 Å². The number of nitrogens with zero attached hydrogens (tertiary/aromatic N) is 2. The molecule has 27 heteroatoms. The van der Waals surface area contributed by atoms with Crippen molar-refractivity contribution in [2.45, 2.75) is 230 Å². The fourth-order valence-corrected chi connectivity index (χ4v) is 15.4. The van der Waals surface area contributed by atoms with E-state index in [1.807, 2.05) is 114 Å². The third-order valence-electron chi connectivity index (χ3n) is 22.5. The number of methoxy groups -OCH3 is 4. The zero-order valence-electron chi connectivity index (χ0n) is 65.8. The van der Waals surface area contributed by atoms with Crippen LogP contribution in [0.5, 0.6) is 0 Å². The Balaban J connectivity index is 0.000000299. The number of aliphatic hydroxyl groups excluding tert-OH is 7. The number of carbonyl (C=O) groups is 6. The minimum atomic E-state index is -2.43. The molecule has 5 fully saturated rings. The summed E-state index contributed by atoms with van der Waals surface area (Å²) in [5, 5.41) is 82.7. The molecule has 27 nitrogen and oxygen atoms in total. The van der Waals surface area contributed by atoms with Crippen LogP contribution in [0.2, 0.25) is 0 Å². The number of morpholine rings is 1. The van der Waals surface area contributed by atoms with Gasteiger partial charge in [-0.25, -0.2) is 9.59 Å². The van der Waals surface area contributed by atoms with Crippen LogP contribution >= 0.6 is 0 Å². The molecule has 6 aliphatic rings. The van der Waals surface area contributed by atoms with E-state index in [2.05, 4.69) is 4.90 Å². The lowest BCUT2D eigenvalue weighted by Gasteiger charge is -2.42. The van der Waals surface area contributed by atoms with Gasteiger partial charge in [0, 0.05) is 96.2 Å². The summed E-state index contributed by atoms with van der Waals surface area (Å²) in [7, 11) is 5.98. The second-order valence-corrected chi connectivity index (χ2v) is 30.4. The summed E-state index contributed by atoms with van der Waals surface area (Å²) < 4.78 is 55.5. The number of esters is 1. The van der Waals surface area contributed by atoms with Gasteiger partial charge in [-0.3, -0.25) is 24.0 Å². The molecular formula is C83H120N2O25. The standard InChI is InChI=1S/C51H79NO13.C19H17NO3.C13H24O9/c1-30-16-12-11-13-17-31(2)42(61-8)28-38-21-19-36(7)51(60,65-38)48(57)49(58)52-23-15-14-18-39(52)50(59)64-43(33(4)26-37-20-22-40(53)44(27-37)62-9)29-41(54)32(3)25-35(6)46(56)47(63-10)45(55)34(5)24-30;21-17-13-18(20-9-11-22-12-10-20)23-19-15(7-4-8-16(17)19)14-5-2-1-3-6-14;1-3-6(20-2)5-21-13(19)22-12-9(16)7(4-14)8(15)10(17)11(12)18/h11-13,16-17,25,30,32-34,36-40,42-44,46-47,53,56,60H,14-15,18-24,26-29H2,1-10H3;1-8,13H,9-12H2;6-12,14-18H,3-5H2,1-2H3/b13-11+,16-12+,31-17+,35-25+;;/t30-,32-,33?,34-,36-,37?,38?,39+,40-,42+,43+,44-,46-,47+,51-;;6-,7?,8?,9?,10?,11?,12?/m1.1/s1. The predicted octanol–water partition coefficient (Wildman–Crippen LogP) is 7.48. The van der Waals surface area contributed by atoms with Crippen molar-refractivity contribution < 1.29 is 117 Å². The number of Topliss-reactive ketones (excluding diaryl/α,β-unsaturated/α-hetero) is 3. The van der Waals surface area contributed by atoms with Gasteiger partial charge in [0.25, 0.3) is 11.7 Å². The van der Waals surface area contributed by atoms with E-state index in [1.165, 1.54) is 19.1 Å². The van der Waals surface area contributed by atoms with E-state index < -0.39 is 133 Å². The molecule has 3 saturated heterocycles. The molecule has 0 spiro atoms. The number of carbonyl (C=O) groups excluding carboxylic acids is 6. The topological polar surface area (TPSA) is 384 Å². The van der Waals surface area contributed by atoms with Crippen molar-refractivity contribution in [2.75, 3.05) is 79.4 Å². The van der Waals surface area contributed by atoms with E-state index >= 15 is 0 Å². The molecule has 110 heavy (non-hydrogen) atoms. The number of cyclic esters (lactones) is 1. The van der Waals surface area contributed by atoms with E-state index in [0.717, 1.165) is 36.2 Å². The van der Waals surface area contributed by atoms with Crippen LogP contribution in [-0.2, 0) is 66.6 Å². The third-order valence-corrected chi connectivity index (χ3v) is 22.5. The van der Waals surface area contributed by atoms with Gasteiger partial charge < -0.3 is 97.7 Å². The largest absolute Gasteiger partial charge is 0.508 e. The molecule has 2 bridgehead atoms. The Kier molecular flexibility index (Phi) is 35.6. The molecule has 9 rings (SSSR count). The number of ketones is 3. The number of hydrogen-bond acceptors (Lipinski definition) is 26. The third kappa shape index (κ3) is 23.8. The highest BCUT2D eigenvalue weighted by Crippen LogP contribution is 2.39. The molecule has 8 N–H and O–H groups in total. The van der Waals surface area contributed by atoms with Crippen LogP contribution in [-0.4, -0.2) is 247 Å². The maximum absolute atomic E-state index is 14.4. The summed E-state index contributed by atoms with van der Waals surface area (Å²) in [6, 6.07) is 16.1. The number of para-hydroxylation sites is 1. The Morgan fingerprint density at radius 1 is 0.755 bits per heavy atom. The summed E-state index contributed by atoms with van der Waals surface area (Å²) in [5.74, 6) is -8.49. The van der Waals surface area contributed by atoms with Gasteiger partial charge in [-0.1, -0.05) is 120 Å². The molecule has 1 amide bonds. The quantitative estimate of drug-likeness (QED) is 0.0440. The van der Waals surface area contributed by atoms with Crippen LogP contribution in [0, 0.1) is 41.4 Å². The monoisotopic (exact) mass is 1540 g/mol. The van der Waals surface area contributed by atoms with Crippen LogP contribution < -0.4 is 10.3 Å². The first-order chi connectivity index (χ1) is 52.4. The second-order valence-electron chi connectivity index (χ2n) is 30.4. The molecule has 3 aromatic rings. The summed E-state index contributed by atoms with van der Waals surface area (Å²) in [6.45, 7) is 16.6. The van der Waals surface area contributed by atoms with Crippen molar-refractivity contribution >= 4 is 52.2 Å². The number of ether oxygens (including phenoxy) is 9. The van der Waals surface area contributed by atoms with Crippen LogP contribution in [0.25, 0.3) is 22.1 Å². The Morgan fingerprint density at radius 2 is 1.47 bits per heavy atom. The van der Waals surface area contributed by atoms with Crippen molar-refractivity contribution in [1.82, 2.24) is 4.90 Å². The van der Waals surface area contributed by atoms with E-state index in [9.17, 15) is 69.3 Å². The van der Waals surface area contributed by atoms with Crippen LogP contribution in [0.1, 0.15) is 139 Å². The molecule has 9 unspecified atom stereocenters. The van der Waals surface area contributed by atoms with E-state index in [4.69, 9.17) is 52.2 Å². The number of fused-ring (bicyclic) bond motifs is 4. The maximum atomic E-state index is 14.4. The zero-order valence-corrected chi connectivity index (χ0v) is 65.8. The number of benzene rings is 2. The summed E-state index contributed by atoms with van der Waals surface area (Å²) in [6.07, 6.45) is 2.35. The predicted molar refractivity (Wildman–Crippen MR) is 408 cm³/mol. The first-order valence-corrected chi connectivity index (χ1v) is 38.8. The summed E-state index contributed by atoms with van der Waals surface area (Å²) >= 11 is 0. The van der Waals surface area contributed by atoms with Crippen LogP contribution in [0.3, 0.4) is 0 Å². The van der Waals surface area contributed by atoms with Crippen LogP contribution in [0.15, 0.2) is 111 Å². The van der Waals surface area contributed by atoms with Gasteiger partial charge in [0.1, 0.15) is 60.6 Å². The van der Waals surface area contributed by atoms with Gasteiger partial charge in [0.05, 0.1) is 61.8 Å². The molecule has 2 saturated carbocycles. The minimum absolute atomic E-state index is 0.00878. The maximum Gasteiger partial charge on any atom is 0.508 e. The van der Waals surface area contributed by atoms with Gasteiger partial charge in [-0.05, 0) is 125 Å². The molecule has 2 aromatic carbocycles. The number of hydrogen-bond donors (Lipinski definition) is 8. The SMILES string of the molecule is CC[C@H](COC(=O)OC1C(O)C(O)C(O)C(CO)C1O)OC.CO[C@H]1CC2CC[C@@H](C)[C@@](O)(O2)C(=O)C(=O)N2CCCC[C@H]2C(=O)O[C@H](C(C)CC2CC[C@@H](O)[C@H](OC)C2)CC(=O)[C@H](C)/C=C(\C)[C@@H](O)[C@@H](OC)C(=O)[C@H](C)C[C@H](C)/C=C/C=C/C=C/1C.O=c1cc(N2CCOCC2)oc2c(-c3ccccc3)cccc12. The summed E-state index contributed by atoms with van der Waals surface area (Å²) in [5.41, 5.74) is 3.89. The number of anilines is 1. The van der Waals surface area contributed by atoms with E-state index in [0.29, 0.717) is 99.8 Å². The molecule has 1 aromatic heterocycles. The average molecular weight is 1550 g/mol. The van der Waals surface area contributed by atoms with Crippen LogP contribution in [0.4, 0.5) is 10.7 Å². The van der Waals surface area contributed by atoms with Crippen molar-refractivity contribution in [2.24, 2.45) is 41.4 Å². The smallest absolute Gasteiger partial charge is 0.460 e.